The van der Waals surface area contributed by atoms with Crippen LogP contribution in [0.15, 0.2) is 43.0 Å². The van der Waals surface area contributed by atoms with E-state index in [4.69, 9.17) is 0 Å². The van der Waals surface area contributed by atoms with E-state index in [-0.39, 0.29) is 0 Å². The Balaban J connectivity index is 2.89. The largest absolute Gasteiger partial charge is 0.308 e. The maximum absolute atomic E-state index is 13.9. The number of halogens is 1. The number of hydrogen-bond donors (Lipinski definition) is 0. The molecular weight excluding hydrogens is 167 g/mol. The molecule has 64 valence electrons. The lowest BCUT2D eigenvalue weighted by molar-refractivity contribution is 0.811. The van der Waals surface area contributed by atoms with Crippen LogP contribution < -0.4 is 5.19 Å². The van der Waals surface area contributed by atoms with Gasteiger partial charge in [-0.2, -0.15) is 0 Å². The van der Waals surface area contributed by atoms with Crippen molar-refractivity contribution in [2.45, 2.75) is 12.6 Å². The molecule has 0 saturated heterocycles. The Labute approximate surface area is 73.9 Å². The van der Waals surface area contributed by atoms with Crippen LogP contribution in [0.1, 0.15) is 0 Å². The molecule has 0 aliphatic carbocycles. The average Bonchev–Trinajstić information content (AvgIpc) is 2.06. The fourth-order valence-electron chi connectivity index (χ4n) is 1.17. The zero-order chi connectivity index (χ0) is 9.03. The number of allylic oxidation sites excluding steroid dienone is 1. The highest BCUT2D eigenvalue weighted by Crippen LogP contribution is 2.11. The smallest absolute Gasteiger partial charge is 0.278 e. The zero-order valence-corrected chi connectivity index (χ0v) is 8.26. The Morgan fingerprint density at radius 3 is 2.50 bits per heavy atom. The highest BCUT2D eigenvalue weighted by atomic mass is 28.4. The highest BCUT2D eigenvalue weighted by molar-refractivity contribution is 6.85. The summed E-state index contributed by atoms with van der Waals surface area (Å²) < 4.78 is 13.9. The van der Waals surface area contributed by atoms with Crippen molar-refractivity contribution >= 4 is 13.6 Å². The first-order chi connectivity index (χ1) is 5.67. The van der Waals surface area contributed by atoms with Crippen molar-refractivity contribution in [3.63, 3.8) is 0 Å². The zero-order valence-electron chi connectivity index (χ0n) is 7.26. The molecule has 1 atom stereocenters. The third-order valence-corrected chi connectivity index (χ3v) is 4.50. The summed E-state index contributed by atoms with van der Waals surface area (Å²) in [6.45, 7) is 5.28. The molecule has 0 saturated carbocycles. The minimum Gasteiger partial charge on any atom is -0.308 e. The first-order valence-corrected chi connectivity index (χ1v) is 6.60. The summed E-state index contributed by atoms with van der Waals surface area (Å²) in [4.78, 5) is 0. The lowest BCUT2D eigenvalue weighted by Crippen LogP contribution is -2.39. The van der Waals surface area contributed by atoms with Gasteiger partial charge in [0.25, 0.3) is 8.41 Å². The molecular formula is C10H13FSi. The second-order valence-corrected chi connectivity index (χ2v) is 6.44. The first kappa shape index (κ1) is 9.20. The summed E-state index contributed by atoms with van der Waals surface area (Å²) in [6.07, 6.45) is 1.67. The van der Waals surface area contributed by atoms with Crippen molar-refractivity contribution in [2.24, 2.45) is 0 Å². The van der Waals surface area contributed by atoms with E-state index in [2.05, 4.69) is 6.58 Å². The van der Waals surface area contributed by atoms with Crippen LogP contribution in [-0.2, 0) is 0 Å². The summed E-state index contributed by atoms with van der Waals surface area (Å²) in [5, 5.41) is 0.852. The van der Waals surface area contributed by atoms with Crippen molar-refractivity contribution in [1.82, 2.24) is 0 Å². The van der Waals surface area contributed by atoms with Gasteiger partial charge in [0.1, 0.15) is 0 Å². The third-order valence-electron chi connectivity index (χ3n) is 1.90. The molecule has 0 spiro atoms. The quantitative estimate of drug-likeness (QED) is 0.381. The maximum Gasteiger partial charge on any atom is 0.278 e. The Morgan fingerprint density at radius 1 is 1.42 bits per heavy atom. The second-order valence-electron chi connectivity index (χ2n) is 3.06. The predicted molar refractivity (Wildman–Crippen MR) is 53.8 cm³/mol. The normalized spacial score (nSPS) is 15.2. The Kier molecular flexibility index (Phi) is 2.81. The van der Waals surface area contributed by atoms with Gasteiger partial charge in [0.05, 0.1) is 0 Å². The molecule has 1 rings (SSSR count). The standard InChI is InChI=1S/C10H13FSi/c1-3-9-12(2,11)10-7-5-4-6-8-10/h3-8H,1,9H2,2H3. The van der Waals surface area contributed by atoms with Gasteiger partial charge in [0.2, 0.25) is 0 Å². The third kappa shape index (κ3) is 2.05. The van der Waals surface area contributed by atoms with Gasteiger partial charge in [-0.05, 0) is 17.8 Å². The molecule has 1 aromatic rings. The van der Waals surface area contributed by atoms with E-state index in [1.54, 1.807) is 12.6 Å². The number of benzene rings is 1. The molecule has 0 fully saturated rings. The number of rotatable bonds is 3. The molecule has 0 bridgehead atoms. The monoisotopic (exact) mass is 180 g/mol. The fraction of sp³-hybridized carbons (Fsp3) is 0.200. The van der Waals surface area contributed by atoms with E-state index in [0.29, 0.717) is 6.04 Å². The topological polar surface area (TPSA) is 0 Å². The lowest BCUT2D eigenvalue weighted by Gasteiger charge is -2.14. The summed E-state index contributed by atoms with van der Waals surface area (Å²) in [6, 6.07) is 9.87. The van der Waals surface area contributed by atoms with Crippen molar-refractivity contribution in [3.8, 4) is 0 Å². The molecule has 0 nitrogen and oxygen atoms in total. The van der Waals surface area contributed by atoms with Gasteiger partial charge in [0, 0.05) is 0 Å². The van der Waals surface area contributed by atoms with Crippen molar-refractivity contribution in [1.29, 1.82) is 0 Å². The van der Waals surface area contributed by atoms with Gasteiger partial charge in [-0.3, -0.25) is 0 Å². The molecule has 1 aromatic carbocycles. The predicted octanol–water partition coefficient (Wildman–Crippen LogP) is 2.62. The van der Waals surface area contributed by atoms with Crippen LogP contribution in [-0.4, -0.2) is 8.41 Å². The van der Waals surface area contributed by atoms with Crippen LogP contribution >= 0.6 is 0 Å². The molecule has 2 heteroatoms. The van der Waals surface area contributed by atoms with Crippen molar-refractivity contribution in [2.75, 3.05) is 0 Å². The first-order valence-electron chi connectivity index (χ1n) is 4.02. The summed E-state index contributed by atoms with van der Waals surface area (Å²) in [7, 11) is -2.70. The van der Waals surface area contributed by atoms with Gasteiger partial charge in [-0.1, -0.05) is 36.4 Å². The van der Waals surface area contributed by atoms with Crippen LogP contribution in [0.25, 0.3) is 0 Å². The van der Waals surface area contributed by atoms with Crippen LogP contribution in [0.3, 0.4) is 0 Å². The molecule has 1 unspecified atom stereocenters. The molecule has 12 heavy (non-hydrogen) atoms. The summed E-state index contributed by atoms with van der Waals surface area (Å²) >= 11 is 0. The summed E-state index contributed by atoms with van der Waals surface area (Å²) in [5.41, 5.74) is 0. The van der Waals surface area contributed by atoms with Crippen LogP contribution in [0.2, 0.25) is 12.6 Å². The molecule has 0 aliphatic rings. The molecule has 0 aliphatic heterocycles. The average molecular weight is 180 g/mol. The number of hydrogen-bond acceptors (Lipinski definition) is 0. The van der Waals surface area contributed by atoms with Gasteiger partial charge in [0.15, 0.2) is 0 Å². The van der Waals surface area contributed by atoms with Crippen LogP contribution in [0.5, 0.6) is 0 Å². The van der Waals surface area contributed by atoms with Crippen LogP contribution in [0.4, 0.5) is 4.11 Å². The molecule has 0 radical (unpaired) electrons. The van der Waals surface area contributed by atoms with Gasteiger partial charge in [-0.15, -0.1) is 6.58 Å². The van der Waals surface area contributed by atoms with E-state index < -0.39 is 8.41 Å². The minimum atomic E-state index is -2.70. The molecule has 0 amide bonds. The fourth-order valence-corrected chi connectivity index (χ4v) is 2.84. The van der Waals surface area contributed by atoms with Gasteiger partial charge >= 0.3 is 0 Å². The van der Waals surface area contributed by atoms with Gasteiger partial charge < -0.3 is 4.11 Å². The lowest BCUT2D eigenvalue weighted by atomic mass is 10.4. The van der Waals surface area contributed by atoms with E-state index >= 15 is 0 Å². The highest BCUT2D eigenvalue weighted by Gasteiger charge is 2.27. The van der Waals surface area contributed by atoms with Crippen molar-refractivity contribution in [3.05, 3.63) is 43.0 Å². The van der Waals surface area contributed by atoms with E-state index in [1.165, 1.54) is 0 Å². The minimum absolute atomic E-state index is 0.497. The Morgan fingerprint density at radius 2 is 2.00 bits per heavy atom. The van der Waals surface area contributed by atoms with E-state index in [9.17, 15) is 4.11 Å². The SMILES string of the molecule is C=CC[Si](C)(F)c1ccccc1. The summed E-state index contributed by atoms with van der Waals surface area (Å²) in [5.74, 6) is 0. The molecule has 0 aromatic heterocycles. The Bertz CT molecular complexity index is 254. The van der Waals surface area contributed by atoms with Crippen LogP contribution in [0, 0.1) is 0 Å². The Hall–Kier alpha value is -0.893. The van der Waals surface area contributed by atoms with Gasteiger partial charge in [-0.25, -0.2) is 0 Å². The molecule has 0 N–H and O–H groups in total. The maximum atomic E-state index is 13.9. The van der Waals surface area contributed by atoms with E-state index in [0.717, 1.165) is 5.19 Å². The van der Waals surface area contributed by atoms with E-state index in [1.807, 2.05) is 30.3 Å². The van der Waals surface area contributed by atoms with Crippen molar-refractivity contribution < 1.29 is 4.11 Å². The second kappa shape index (κ2) is 3.67. The molecule has 0 heterocycles.